The van der Waals surface area contributed by atoms with Crippen molar-refractivity contribution in [2.24, 2.45) is 5.92 Å². The first-order chi connectivity index (χ1) is 11.6. The van der Waals surface area contributed by atoms with Gasteiger partial charge in [0.05, 0.1) is 5.92 Å². The van der Waals surface area contributed by atoms with Crippen molar-refractivity contribution in [2.75, 3.05) is 13.1 Å². The number of aliphatic carboxylic acids is 1. The summed E-state index contributed by atoms with van der Waals surface area (Å²) in [5.74, 6) is -0.808. The molecule has 1 saturated heterocycles. The number of rotatable bonds is 4. The van der Waals surface area contributed by atoms with E-state index in [1.54, 1.807) is 11.8 Å². The largest absolute Gasteiger partial charge is 0.481 e. The van der Waals surface area contributed by atoms with Crippen LogP contribution in [-0.2, 0) is 9.59 Å². The number of hydrogen-bond acceptors (Lipinski definition) is 3. The number of hydrogen-bond donors (Lipinski definition) is 1. The van der Waals surface area contributed by atoms with Crippen LogP contribution in [0.3, 0.4) is 0 Å². The number of likely N-dealkylation sites (tertiary alicyclic amines) is 1. The summed E-state index contributed by atoms with van der Waals surface area (Å²) in [6.45, 7) is 2.57. The zero-order valence-corrected chi connectivity index (χ0v) is 13.6. The summed E-state index contributed by atoms with van der Waals surface area (Å²) in [6, 6.07) is 13.6. The van der Waals surface area contributed by atoms with Crippen LogP contribution in [-0.4, -0.2) is 41.1 Å². The lowest BCUT2D eigenvalue weighted by atomic mass is 9.98. The number of piperidine rings is 1. The van der Waals surface area contributed by atoms with Crippen LogP contribution in [0.4, 0.5) is 0 Å². The Balaban J connectivity index is 1.73. The third-order valence-corrected chi connectivity index (χ3v) is 4.48. The van der Waals surface area contributed by atoms with Crippen molar-refractivity contribution in [1.82, 2.24) is 4.90 Å². The van der Waals surface area contributed by atoms with Gasteiger partial charge < -0.3 is 14.7 Å². The highest BCUT2D eigenvalue weighted by Gasteiger charge is 2.31. The minimum atomic E-state index is -0.838. The Morgan fingerprint density at radius 3 is 2.75 bits per heavy atom. The Morgan fingerprint density at radius 2 is 1.96 bits per heavy atom. The van der Waals surface area contributed by atoms with Gasteiger partial charge in [0.25, 0.3) is 5.91 Å². The number of benzene rings is 2. The predicted molar refractivity (Wildman–Crippen MR) is 91.0 cm³/mol. The van der Waals surface area contributed by atoms with Crippen molar-refractivity contribution < 1.29 is 19.4 Å². The average Bonchev–Trinajstić information content (AvgIpc) is 2.61. The smallest absolute Gasteiger partial charge is 0.308 e. The van der Waals surface area contributed by atoms with E-state index < -0.39 is 18.0 Å². The Morgan fingerprint density at radius 1 is 1.21 bits per heavy atom. The molecule has 1 amide bonds. The van der Waals surface area contributed by atoms with Crippen LogP contribution in [0.5, 0.6) is 5.75 Å². The van der Waals surface area contributed by atoms with Crippen LogP contribution in [0, 0.1) is 5.92 Å². The Hall–Kier alpha value is -2.56. The molecule has 1 aliphatic heterocycles. The first-order valence-corrected chi connectivity index (χ1v) is 8.22. The summed E-state index contributed by atoms with van der Waals surface area (Å²) in [6.07, 6.45) is 0.685. The molecule has 0 aliphatic carbocycles. The molecule has 0 spiro atoms. The predicted octanol–water partition coefficient (Wildman–Crippen LogP) is 2.93. The molecule has 5 nitrogen and oxygen atoms in total. The van der Waals surface area contributed by atoms with Crippen molar-refractivity contribution in [3.63, 3.8) is 0 Å². The van der Waals surface area contributed by atoms with Gasteiger partial charge in [0.15, 0.2) is 6.10 Å². The summed E-state index contributed by atoms with van der Waals surface area (Å²) < 4.78 is 5.90. The maximum Gasteiger partial charge on any atom is 0.308 e. The summed E-state index contributed by atoms with van der Waals surface area (Å²) in [5, 5.41) is 11.2. The van der Waals surface area contributed by atoms with Gasteiger partial charge in [-0.2, -0.15) is 0 Å². The van der Waals surface area contributed by atoms with Gasteiger partial charge in [-0.3, -0.25) is 9.59 Å². The molecule has 1 heterocycles. The number of nitrogens with zero attached hydrogens (tertiary/aromatic N) is 1. The molecule has 1 N–H and O–H groups in total. The van der Waals surface area contributed by atoms with Crippen LogP contribution in [0.1, 0.15) is 19.8 Å². The normalized spacial score (nSPS) is 19.0. The van der Waals surface area contributed by atoms with Gasteiger partial charge in [-0.25, -0.2) is 0 Å². The zero-order chi connectivity index (χ0) is 17.1. The van der Waals surface area contributed by atoms with Crippen LogP contribution in [0.25, 0.3) is 10.8 Å². The molecule has 2 aromatic carbocycles. The van der Waals surface area contributed by atoms with Gasteiger partial charge in [-0.05, 0) is 31.2 Å². The minimum absolute atomic E-state index is 0.158. The second-order valence-electron chi connectivity index (χ2n) is 6.20. The Bertz CT molecular complexity index is 753. The second-order valence-corrected chi connectivity index (χ2v) is 6.20. The average molecular weight is 327 g/mol. The van der Waals surface area contributed by atoms with Gasteiger partial charge in [-0.15, -0.1) is 0 Å². The van der Waals surface area contributed by atoms with E-state index in [4.69, 9.17) is 9.84 Å². The highest BCUT2D eigenvalue weighted by molar-refractivity contribution is 5.89. The summed E-state index contributed by atoms with van der Waals surface area (Å²) in [5.41, 5.74) is 0. The van der Waals surface area contributed by atoms with Crippen molar-refractivity contribution in [2.45, 2.75) is 25.9 Å². The Labute approximate surface area is 140 Å². The van der Waals surface area contributed by atoms with Crippen molar-refractivity contribution in [3.05, 3.63) is 42.5 Å². The number of carboxylic acids is 1. The molecule has 0 saturated carbocycles. The fourth-order valence-corrected chi connectivity index (χ4v) is 3.18. The molecule has 0 bridgehead atoms. The molecule has 5 heteroatoms. The number of carbonyl (C=O) groups excluding carboxylic acids is 1. The van der Waals surface area contributed by atoms with Gasteiger partial charge in [0, 0.05) is 18.5 Å². The fraction of sp³-hybridized carbons (Fsp3) is 0.368. The molecule has 24 heavy (non-hydrogen) atoms. The zero-order valence-electron chi connectivity index (χ0n) is 13.6. The molecule has 2 aromatic rings. The van der Waals surface area contributed by atoms with Crippen molar-refractivity contribution in [1.29, 1.82) is 0 Å². The van der Waals surface area contributed by atoms with Gasteiger partial charge in [0.1, 0.15) is 5.75 Å². The summed E-state index contributed by atoms with van der Waals surface area (Å²) in [7, 11) is 0. The lowest BCUT2D eigenvalue weighted by molar-refractivity contribution is -0.147. The van der Waals surface area contributed by atoms with Crippen LogP contribution >= 0.6 is 0 Å². The molecular formula is C19H21NO4. The molecule has 3 rings (SSSR count). The maximum absolute atomic E-state index is 12.6. The second kappa shape index (κ2) is 6.91. The van der Waals surface area contributed by atoms with Gasteiger partial charge >= 0.3 is 5.97 Å². The lowest BCUT2D eigenvalue weighted by Crippen LogP contribution is -2.47. The fourth-order valence-electron chi connectivity index (χ4n) is 3.18. The maximum atomic E-state index is 12.6. The van der Waals surface area contributed by atoms with E-state index in [9.17, 15) is 9.59 Å². The highest BCUT2D eigenvalue weighted by atomic mass is 16.5. The van der Waals surface area contributed by atoms with Crippen molar-refractivity contribution in [3.8, 4) is 5.75 Å². The quantitative estimate of drug-likeness (QED) is 0.937. The van der Waals surface area contributed by atoms with Gasteiger partial charge in [0.2, 0.25) is 0 Å². The number of carboxylic acid groups (broad SMARTS) is 1. The third kappa shape index (κ3) is 3.35. The van der Waals surface area contributed by atoms with E-state index in [-0.39, 0.29) is 12.5 Å². The minimum Gasteiger partial charge on any atom is -0.481 e. The molecule has 0 radical (unpaired) electrons. The molecule has 2 atom stereocenters. The number of amides is 1. The first-order valence-electron chi connectivity index (χ1n) is 8.22. The molecular weight excluding hydrogens is 306 g/mol. The number of ether oxygens (including phenoxy) is 1. The van der Waals surface area contributed by atoms with Crippen LogP contribution in [0.15, 0.2) is 42.5 Å². The third-order valence-electron chi connectivity index (χ3n) is 4.48. The summed E-state index contributed by atoms with van der Waals surface area (Å²) in [4.78, 5) is 25.4. The van der Waals surface area contributed by atoms with Crippen molar-refractivity contribution >= 4 is 22.6 Å². The molecule has 1 unspecified atom stereocenters. The van der Waals surface area contributed by atoms with E-state index in [0.717, 1.165) is 10.8 Å². The number of carbonyl (C=O) groups is 2. The van der Waals surface area contributed by atoms with E-state index in [2.05, 4.69) is 0 Å². The first kappa shape index (κ1) is 16.3. The number of fused-ring (bicyclic) bond motifs is 1. The standard InChI is InChI=1S/C19H21NO4/c1-13(18(21)20-11-5-8-15(12-20)19(22)23)24-17-10-4-7-14-6-2-3-9-16(14)17/h2-4,6-7,9-10,13,15H,5,8,11-12H2,1H3,(H,22,23)/t13?,15-/m0/s1. The monoisotopic (exact) mass is 327 g/mol. The molecule has 0 aromatic heterocycles. The molecule has 1 fully saturated rings. The SMILES string of the molecule is CC(Oc1cccc2ccccc12)C(=O)N1CCC[C@H](C(=O)O)C1. The van der Waals surface area contributed by atoms with E-state index in [1.165, 1.54) is 0 Å². The highest BCUT2D eigenvalue weighted by Crippen LogP contribution is 2.26. The Kier molecular flexibility index (Phi) is 4.69. The molecule has 126 valence electrons. The van der Waals surface area contributed by atoms with E-state index in [1.807, 2.05) is 42.5 Å². The van der Waals surface area contributed by atoms with Gasteiger partial charge in [-0.1, -0.05) is 36.4 Å². The van der Waals surface area contributed by atoms with Crippen LogP contribution < -0.4 is 4.74 Å². The van der Waals surface area contributed by atoms with E-state index >= 15 is 0 Å². The lowest BCUT2D eigenvalue weighted by Gasteiger charge is -2.32. The van der Waals surface area contributed by atoms with E-state index in [0.29, 0.717) is 25.1 Å². The summed E-state index contributed by atoms with van der Waals surface area (Å²) >= 11 is 0. The topological polar surface area (TPSA) is 66.8 Å². The van der Waals surface area contributed by atoms with Crippen LogP contribution in [0.2, 0.25) is 0 Å². The molecule has 1 aliphatic rings.